The van der Waals surface area contributed by atoms with E-state index in [0.717, 1.165) is 22.3 Å². The van der Waals surface area contributed by atoms with Crippen molar-refractivity contribution in [3.05, 3.63) is 92.8 Å². The van der Waals surface area contributed by atoms with E-state index in [0.29, 0.717) is 33.3 Å². The zero-order valence-corrected chi connectivity index (χ0v) is 21.6. The lowest BCUT2D eigenvalue weighted by atomic mass is 9.93. The second-order valence-electron chi connectivity index (χ2n) is 8.81. The molecule has 3 aromatic carbocycles. The molecule has 5 rings (SSSR count). The van der Waals surface area contributed by atoms with Crippen molar-refractivity contribution in [3.63, 3.8) is 0 Å². The van der Waals surface area contributed by atoms with Gasteiger partial charge in [-0.2, -0.15) is 0 Å². The molecule has 0 aliphatic rings. The predicted molar refractivity (Wildman–Crippen MR) is 143 cm³/mol. The van der Waals surface area contributed by atoms with Gasteiger partial charge in [0.1, 0.15) is 5.75 Å². The first kappa shape index (κ1) is 23.8. The highest BCUT2D eigenvalue weighted by Crippen LogP contribution is 2.27. The minimum atomic E-state index is -0.201. The van der Waals surface area contributed by atoms with Gasteiger partial charge in [-0.1, -0.05) is 30.0 Å². The standard InChI is InChI=1S/C28H26N4O3S/c1-16-13-23(19(4)18(3)17(16)2)25(33)15-36-28-30-29-27-31(20-9-8-10-21(14-20)35-5)26(34)22-11-6-7-12-24(22)32(27)28/h6-14H,15H2,1-5H3. The molecule has 0 unspecified atom stereocenters. The topological polar surface area (TPSA) is 78.5 Å². The molecule has 8 heteroatoms. The van der Waals surface area contributed by atoms with Crippen LogP contribution in [0.5, 0.6) is 5.75 Å². The average Bonchev–Trinajstić information content (AvgIpc) is 3.32. The van der Waals surface area contributed by atoms with Crippen LogP contribution in [-0.4, -0.2) is 37.8 Å². The maximum absolute atomic E-state index is 13.5. The number of methoxy groups -OCH3 is 1. The molecule has 0 saturated carbocycles. The number of carbonyl (C=O) groups excluding carboxylic acids is 1. The Morgan fingerprint density at radius 1 is 0.944 bits per heavy atom. The van der Waals surface area contributed by atoms with Gasteiger partial charge in [0.15, 0.2) is 10.9 Å². The number of carbonyl (C=O) groups is 1. The number of hydrogen-bond donors (Lipinski definition) is 0. The number of nitrogens with zero attached hydrogens (tertiary/aromatic N) is 4. The predicted octanol–water partition coefficient (Wildman–Crippen LogP) is 5.25. The van der Waals surface area contributed by atoms with Gasteiger partial charge in [-0.25, -0.2) is 4.57 Å². The quantitative estimate of drug-likeness (QED) is 0.235. The number of benzene rings is 3. The first-order chi connectivity index (χ1) is 17.3. The molecule has 0 aliphatic carbocycles. The van der Waals surface area contributed by atoms with E-state index in [9.17, 15) is 9.59 Å². The van der Waals surface area contributed by atoms with E-state index in [2.05, 4.69) is 24.0 Å². The Labute approximate surface area is 212 Å². The molecule has 36 heavy (non-hydrogen) atoms. The minimum absolute atomic E-state index is 0.0332. The molecule has 7 nitrogen and oxygen atoms in total. The number of aromatic nitrogens is 4. The Morgan fingerprint density at radius 2 is 1.72 bits per heavy atom. The van der Waals surface area contributed by atoms with Crippen LogP contribution in [0.4, 0.5) is 0 Å². The number of aryl methyl sites for hydroxylation is 1. The molecule has 0 fully saturated rings. The first-order valence-corrected chi connectivity index (χ1v) is 12.6. The largest absolute Gasteiger partial charge is 0.497 e. The Morgan fingerprint density at radius 3 is 2.50 bits per heavy atom. The molecule has 0 radical (unpaired) electrons. The second-order valence-corrected chi connectivity index (χ2v) is 9.75. The molecule has 2 aromatic heterocycles. The smallest absolute Gasteiger partial charge is 0.267 e. The summed E-state index contributed by atoms with van der Waals surface area (Å²) in [5.74, 6) is 1.24. The normalized spacial score (nSPS) is 11.4. The van der Waals surface area contributed by atoms with Crippen LogP contribution in [0.3, 0.4) is 0 Å². The van der Waals surface area contributed by atoms with Crippen LogP contribution in [0.25, 0.3) is 22.4 Å². The number of ether oxygens (including phenoxy) is 1. The summed E-state index contributed by atoms with van der Waals surface area (Å²) in [4.78, 5) is 26.8. The Bertz CT molecular complexity index is 1720. The Balaban J connectivity index is 1.62. The summed E-state index contributed by atoms with van der Waals surface area (Å²) in [6.45, 7) is 8.15. The van der Waals surface area contributed by atoms with Crippen LogP contribution in [0.1, 0.15) is 32.6 Å². The van der Waals surface area contributed by atoms with Crippen LogP contribution in [-0.2, 0) is 0 Å². The van der Waals surface area contributed by atoms with Crippen molar-refractivity contribution in [1.29, 1.82) is 0 Å². The van der Waals surface area contributed by atoms with Gasteiger partial charge in [0.25, 0.3) is 5.56 Å². The highest BCUT2D eigenvalue weighted by molar-refractivity contribution is 7.99. The van der Waals surface area contributed by atoms with E-state index in [1.165, 1.54) is 21.9 Å². The van der Waals surface area contributed by atoms with Gasteiger partial charge < -0.3 is 4.74 Å². The summed E-state index contributed by atoms with van der Waals surface area (Å²) in [6.07, 6.45) is 0. The molecular weight excluding hydrogens is 472 g/mol. The lowest BCUT2D eigenvalue weighted by molar-refractivity contribution is 0.102. The maximum atomic E-state index is 13.5. The summed E-state index contributed by atoms with van der Waals surface area (Å²) < 4.78 is 8.73. The van der Waals surface area contributed by atoms with Gasteiger partial charge in [0.05, 0.1) is 29.5 Å². The molecule has 0 atom stereocenters. The van der Waals surface area contributed by atoms with Gasteiger partial charge in [-0.3, -0.25) is 14.0 Å². The van der Waals surface area contributed by atoms with Gasteiger partial charge >= 0.3 is 0 Å². The van der Waals surface area contributed by atoms with Crippen molar-refractivity contribution >= 4 is 34.2 Å². The Hall–Kier alpha value is -3.91. The third-order valence-electron chi connectivity index (χ3n) is 6.82. The minimum Gasteiger partial charge on any atom is -0.497 e. The van der Waals surface area contributed by atoms with E-state index in [1.54, 1.807) is 19.2 Å². The van der Waals surface area contributed by atoms with Crippen molar-refractivity contribution in [1.82, 2.24) is 19.2 Å². The number of ketones is 1. The third kappa shape index (κ3) is 3.87. The number of rotatable bonds is 6. The molecule has 182 valence electrons. The van der Waals surface area contributed by atoms with Crippen molar-refractivity contribution in [3.8, 4) is 11.4 Å². The van der Waals surface area contributed by atoms with E-state index in [-0.39, 0.29) is 17.1 Å². The van der Waals surface area contributed by atoms with Gasteiger partial charge in [-0.15, -0.1) is 10.2 Å². The fourth-order valence-electron chi connectivity index (χ4n) is 4.46. The van der Waals surface area contributed by atoms with Crippen molar-refractivity contribution in [2.75, 3.05) is 12.9 Å². The average molecular weight is 499 g/mol. The fourth-order valence-corrected chi connectivity index (χ4v) is 5.29. The summed E-state index contributed by atoms with van der Waals surface area (Å²) in [5, 5.41) is 9.83. The SMILES string of the molecule is COc1cccc(-n2c(=O)c3ccccc3n3c(SCC(=O)c4cc(C)c(C)c(C)c4C)nnc23)c1. The Kier molecular flexibility index (Phi) is 6.14. The van der Waals surface area contributed by atoms with Crippen molar-refractivity contribution in [2.45, 2.75) is 32.9 Å². The monoisotopic (exact) mass is 498 g/mol. The van der Waals surface area contributed by atoms with E-state index in [1.807, 2.05) is 60.7 Å². The van der Waals surface area contributed by atoms with Gasteiger partial charge in [0.2, 0.25) is 5.78 Å². The van der Waals surface area contributed by atoms with E-state index >= 15 is 0 Å². The first-order valence-electron chi connectivity index (χ1n) is 11.6. The van der Waals surface area contributed by atoms with Crippen molar-refractivity contribution < 1.29 is 9.53 Å². The van der Waals surface area contributed by atoms with Crippen LogP contribution in [0.15, 0.2) is 64.5 Å². The van der Waals surface area contributed by atoms with Crippen LogP contribution in [0, 0.1) is 27.7 Å². The van der Waals surface area contributed by atoms with E-state index < -0.39 is 0 Å². The molecule has 0 N–H and O–H groups in total. The lowest BCUT2D eigenvalue weighted by Gasteiger charge is -2.14. The summed E-state index contributed by atoms with van der Waals surface area (Å²) in [5.41, 5.74) is 6.31. The van der Waals surface area contributed by atoms with Gasteiger partial charge in [0, 0.05) is 11.6 Å². The highest BCUT2D eigenvalue weighted by Gasteiger charge is 2.20. The zero-order chi connectivity index (χ0) is 25.6. The number of fused-ring (bicyclic) bond motifs is 3. The molecule has 0 amide bonds. The van der Waals surface area contributed by atoms with Gasteiger partial charge in [-0.05, 0) is 80.3 Å². The van der Waals surface area contributed by atoms with Crippen molar-refractivity contribution in [2.24, 2.45) is 0 Å². The van der Waals surface area contributed by atoms with Crippen LogP contribution < -0.4 is 10.3 Å². The zero-order valence-electron chi connectivity index (χ0n) is 20.8. The van der Waals surface area contributed by atoms with E-state index in [4.69, 9.17) is 4.74 Å². The number of thioether (sulfide) groups is 1. The molecule has 0 aliphatic heterocycles. The number of hydrogen-bond acceptors (Lipinski definition) is 6. The maximum Gasteiger partial charge on any atom is 0.267 e. The number of para-hydroxylation sites is 1. The molecule has 5 aromatic rings. The number of Topliss-reactive ketones (excluding diaryl/α,β-unsaturated/α-hetero) is 1. The highest BCUT2D eigenvalue weighted by atomic mass is 32.2. The molecule has 0 saturated heterocycles. The fraction of sp³-hybridized carbons (Fsp3) is 0.214. The second kappa shape index (κ2) is 9.28. The molecule has 0 bridgehead atoms. The molecular formula is C28H26N4O3S. The summed E-state index contributed by atoms with van der Waals surface area (Å²) >= 11 is 1.32. The van der Waals surface area contributed by atoms with Crippen LogP contribution in [0.2, 0.25) is 0 Å². The van der Waals surface area contributed by atoms with Crippen LogP contribution >= 0.6 is 11.8 Å². The lowest BCUT2D eigenvalue weighted by Crippen LogP contribution is -2.22. The summed E-state index contributed by atoms with van der Waals surface area (Å²) in [7, 11) is 1.58. The summed E-state index contributed by atoms with van der Waals surface area (Å²) in [6, 6.07) is 16.6. The molecule has 0 spiro atoms. The molecule has 2 heterocycles. The third-order valence-corrected chi connectivity index (χ3v) is 7.75.